The van der Waals surface area contributed by atoms with Crippen LogP contribution in [0.25, 0.3) is 0 Å². The molecule has 0 heterocycles. The molecule has 0 nitrogen and oxygen atoms in total. The molecular weight excluding hydrogens is 176 g/mol. The second kappa shape index (κ2) is 3.38. The van der Waals surface area contributed by atoms with Crippen LogP contribution in [-0.2, 0) is 5.41 Å². The Balaban J connectivity index is 3.37. The summed E-state index contributed by atoms with van der Waals surface area (Å²) in [6.07, 6.45) is 0. The third-order valence-electron chi connectivity index (χ3n) is 2.25. The average molecular weight is 194 g/mol. The Morgan fingerprint density at radius 1 is 1.08 bits per heavy atom. The van der Waals surface area contributed by atoms with Crippen LogP contribution in [0.3, 0.4) is 0 Å². The summed E-state index contributed by atoms with van der Waals surface area (Å²) >= 11 is 4.55. The van der Waals surface area contributed by atoms with Gasteiger partial charge < -0.3 is 0 Å². The number of hydrogen-bond donors (Lipinski definition) is 1. The molecule has 0 fully saturated rings. The van der Waals surface area contributed by atoms with Crippen molar-refractivity contribution in [3.8, 4) is 0 Å². The first-order valence-electron chi connectivity index (χ1n) is 4.63. The standard InChI is InChI=1S/C12H18S/c1-8-6-9(2)11(13)10(7-8)12(3,4)5/h6-7,13H,1-5H3. The summed E-state index contributed by atoms with van der Waals surface area (Å²) < 4.78 is 0. The van der Waals surface area contributed by atoms with Gasteiger partial charge in [0, 0.05) is 4.90 Å². The summed E-state index contributed by atoms with van der Waals surface area (Å²) in [6.45, 7) is 10.9. The first-order valence-corrected chi connectivity index (χ1v) is 5.08. The van der Waals surface area contributed by atoms with E-state index in [4.69, 9.17) is 0 Å². The lowest BCUT2D eigenvalue weighted by molar-refractivity contribution is 0.576. The Hall–Kier alpha value is -0.430. The lowest BCUT2D eigenvalue weighted by Gasteiger charge is -2.23. The number of thiol groups is 1. The lowest BCUT2D eigenvalue weighted by Crippen LogP contribution is -2.13. The van der Waals surface area contributed by atoms with Crippen molar-refractivity contribution in [3.63, 3.8) is 0 Å². The number of aryl methyl sites for hydroxylation is 2. The van der Waals surface area contributed by atoms with Gasteiger partial charge in [0.25, 0.3) is 0 Å². The molecule has 0 saturated heterocycles. The quantitative estimate of drug-likeness (QED) is 0.595. The fourth-order valence-electron chi connectivity index (χ4n) is 1.53. The Morgan fingerprint density at radius 2 is 1.62 bits per heavy atom. The first-order chi connectivity index (χ1) is 5.82. The summed E-state index contributed by atoms with van der Waals surface area (Å²) in [5.74, 6) is 0. The van der Waals surface area contributed by atoms with Crippen molar-refractivity contribution >= 4 is 12.6 Å². The summed E-state index contributed by atoms with van der Waals surface area (Å²) in [5, 5.41) is 0. The van der Waals surface area contributed by atoms with Crippen LogP contribution in [0, 0.1) is 13.8 Å². The molecule has 0 amide bonds. The highest BCUT2D eigenvalue weighted by Gasteiger charge is 2.17. The monoisotopic (exact) mass is 194 g/mol. The number of hydrogen-bond acceptors (Lipinski definition) is 1. The van der Waals surface area contributed by atoms with Gasteiger partial charge in [-0.3, -0.25) is 0 Å². The van der Waals surface area contributed by atoms with Crippen LogP contribution >= 0.6 is 12.6 Å². The van der Waals surface area contributed by atoms with E-state index >= 15 is 0 Å². The topological polar surface area (TPSA) is 0 Å². The van der Waals surface area contributed by atoms with E-state index in [2.05, 4.69) is 59.4 Å². The van der Waals surface area contributed by atoms with Crippen molar-refractivity contribution in [2.75, 3.05) is 0 Å². The SMILES string of the molecule is Cc1cc(C)c(S)c(C(C)(C)C)c1. The van der Waals surface area contributed by atoms with Crippen molar-refractivity contribution in [2.45, 2.75) is 44.9 Å². The van der Waals surface area contributed by atoms with E-state index in [1.54, 1.807) is 0 Å². The average Bonchev–Trinajstić information content (AvgIpc) is 1.94. The van der Waals surface area contributed by atoms with Gasteiger partial charge in [-0.05, 0) is 30.4 Å². The van der Waals surface area contributed by atoms with Crippen LogP contribution in [0.15, 0.2) is 17.0 Å². The Bertz CT molecular complexity index is 319. The normalized spacial score (nSPS) is 11.8. The van der Waals surface area contributed by atoms with E-state index in [1.807, 2.05) is 0 Å². The molecule has 1 rings (SSSR count). The zero-order chi connectivity index (χ0) is 10.2. The molecule has 0 aliphatic rings. The molecule has 72 valence electrons. The predicted molar refractivity (Wildman–Crippen MR) is 61.9 cm³/mol. The van der Waals surface area contributed by atoms with Crippen LogP contribution in [0.4, 0.5) is 0 Å². The van der Waals surface area contributed by atoms with Gasteiger partial charge in [0.2, 0.25) is 0 Å². The molecule has 0 bridgehead atoms. The molecule has 0 N–H and O–H groups in total. The first kappa shape index (κ1) is 10.6. The van der Waals surface area contributed by atoms with E-state index < -0.39 is 0 Å². The van der Waals surface area contributed by atoms with E-state index in [9.17, 15) is 0 Å². The largest absolute Gasteiger partial charge is 0.143 e. The summed E-state index contributed by atoms with van der Waals surface area (Å²) in [4.78, 5) is 1.14. The van der Waals surface area contributed by atoms with Gasteiger partial charge in [0.1, 0.15) is 0 Å². The molecule has 0 saturated carbocycles. The van der Waals surface area contributed by atoms with Crippen LogP contribution in [0.2, 0.25) is 0 Å². The Morgan fingerprint density at radius 3 is 2.08 bits per heavy atom. The molecule has 0 aromatic heterocycles. The van der Waals surface area contributed by atoms with Crippen molar-refractivity contribution in [3.05, 3.63) is 28.8 Å². The molecular formula is C12H18S. The van der Waals surface area contributed by atoms with Gasteiger partial charge in [0.05, 0.1) is 0 Å². The highest BCUT2D eigenvalue weighted by Crippen LogP contribution is 2.31. The molecule has 1 aromatic rings. The molecule has 0 aliphatic heterocycles. The second-order valence-corrected chi connectivity index (χ2v) is 5.18. The molecule has 13 heavy (non-hydrogen) atoms. The summed E-state index contributed by atoms with van der Waals surface area (Å²) in [6, 6.07) is 4.41. The number of rotatable bonds is 0. The van der Waals surface area contributed by atoms with Crippen molar-refractivity contribution in [1.82, 2.24) is 0 Å². The Labute approximate surface area is 86.8 Å². The minimum absolute atomic E-state index is 0.188. The zero-order valence-electron chi connectivity index (χ0n) is 9.10. The third kappa shape index (κ3) is 2.28. The van der Waals surface area contributed by atoms with Crippen LogP contribution in [-0.4, -0.2) is 0 Å². The summed E-state index contributed by atoms with van der Waals surface area (Å²) in [5.41, 5.74) is 4.12. The minimum Gasteiger partial charge on any atom is -0.143 e. The van der Waals surface area contributed by atoms with E-state index in [-0.39, 0.29) is 5.41 Å². The van der Waals surface area contributed by atoms with Crippen LogP contribution in [0.5, 0.6) is 0 Å². The zero-order valence-corrected chi connectivity index (χ0v) is 10.00. The molecule has 1 aromatic carbocycles. The van der Waals surface area contributed by atoms with Gasteiger partial charge in [-0.2, -0.15) is 0 Å². The minimum atomic E-state index is 0.188. The molecule has 0 spiro atoms. The molecule has 0 radical (unpaired) electrons. The summed E-state index contributed by atoms with van der Waals surface area (Å²) in [7, 11) is 0. The van der Waals surface area contributed by atoms with E-state index in [1.165, 1.54) is 16.7 Å². The van der Waals surface area contributed by atoms with Crippen LogP contribution in [0.1, 0.15) is 37.5 Å². The molecule has 0 unspecified atom stereocenters. The smallest absolute Gasteiger partial charge is 0.0107 e. The van der Waals surface area contributed by atoms with Gasteiger partial charge in [0.15, 0.2) is 0 Å². The molecule has 0 atom stereocenters. The molecule has 0 aliphatic carbocycles. The Kier molecular flexibility index (Phi) is 2.76. The fraction of sp³-hybridized carbons (Fsp3) is 0.500. The van der Waals surface area contributed by atoms with Crippen molar-refractivity contribution < 1.29 is 0 Å². The maximum absolute atomic E-state index is 4.55. The fourth-order valence-corrected chi connectivity index (χ4v) is 2.00. The van der Waals surface area contributed by atoms with E-state index in [0.29, 0.717) is 0 Å². The highest BCUT2D eigenvalue weighted by atomic mass is 32.1. The predicted octanol–water partition coefficient (Wildman–Crippen LogP) is 3.89. The van der Waals surface area contributed by atoms with Gasteiger partial charge in [-0.1, -0.05) is 38.5 Å². The highest BCUT2D eigenvalue weighted by molar-refractivity contribution is 7.80. The molecule has 1 heteroatoms. The van der Waals surface area contributed by atoms with Gasteiger partial charge in [-0.25, -0.2) is 0 Å². The van der Waals surface area contributed by atoms with Crippen LogP contribution < -0.4 is 0 Å². The van der Waals surface area contributed by atoms with Gasteiger partial charge >= 0.3 is 0 Å². The lowest BCUT2D eigenvalue weighted by atomic mass is 9.85. The third-order valence-corrected chi connectivity index (χ3v) is 2.85. The maximum Gasteiger partial charge on any atom is 0.0107 e. The number of benzene rings is 1. The maximum atomic E-state index is 4.55. The van der Waals surface area contributed by atoms with Gasteiger partial charge in [-0.15, -0.1) is 12.6 Å². The van der Waals surface area contributed by atoms with Crippen molar-refractivity contribution in [1.29, 1.82) is 0 Å². The van der Waals surface area contributed by atoms with E-state index in [0.717, 1.165) is 4.90 Å². The second-order valence-electron chi connectivity index (χ2n) is 4.73. The van der Waals surface area contributed by atoms with Crippen molar-refractivity contribution in [2.24, 2.45) is 0 Å².